The predicted octanol–water partition coefficient (Wildman–Crippen LogP) is 2.60. The van der Waals surface area contributed by atoms with E-state index in [1.54, 1.807) is 13.0 Å². The number of hydrogen-bond acceptors (Lipinski definition) is 4. The van der Waals surface area contributed by atoms with Gasteiger partial charge in [-0.1, -0.05) is 31.9 Å². The fourth-order valence-corrected chi connectivity index (χ4v) is 2.46. The normalized spacial score (nSPS) is 20.0. The van der Waals surface area contributed by atoms with Gasteiger partial charge in [0.15, 0.2) is 5.71 Å². The van der Waals surface area contributed by atoms with Crippen molar-refractivity contribution in [1.29, 1.82) is 0 Å². The molecule has 1 unspecified atom stereocenters. The van der Waals surface area contributed by atoms with Gasteiger partial charge in [0, 0.05) is 0 Å². The number of unbranched alkanes of at least 4 members (excludes halogenated alkanes) is 1. The number of carboxylic acid groups (broad SMARTS) is 1. The fourth-order valence-electron chi connectivity index (χ4n) is 2.46. The van der Waals surface area contributed by atoms with Gasteiger partial charge in [-0.05, 0) is 25.5 Å². The molecule has 1 atom stereocenters. The monoisotopic (exact) mass is 319 g/mol. The van der Waals surface area contributed by atoms with E-state index in [2.05, 4.69) is 15.5 Å². The third kappa shape index (κ3) is 3.28. The summed E-state index contributed by atoms with van der Waals surface area (Å²) in [5, 5.41) is 19.3. The third-order valence-electron chi connectivity index (χ3n) is 3.88. The number of carbonyl (C=O) groups is 2. The van der Waals surface area contributed by atoms with Gasteiger partial charge in [-0.2, -0.15) is 0 Å². The molecule has 0 saturated heterocycles. The van der Waals surface area contributed by atoms with Crippen molar-refractivity contribution in [1.82, 2.24) is 5.32 Å². The Kier molecular flexibility index (Phi) is 4.88. The van der Waals surface area contributed by atoms with Crippen LogP contribution in [-0.4, -0.2) is 28.5 Å². The van der Waals surface area contributed by atoms with Crippen molar-refractivity contribution in [3.63, 3.8) is 0 Å². The molecule has 2 rings (SSSR count). The highest BCUT2D eigenvalue weighted by Gasteiger charge is 2.44. The molecule has 23 heavy (non-hydrogen) atoms. The van der Waals surface area contributed by atoms with Gasteiger partial charge in [-0.3, -0.25) is 4.79 Å². The van der Waals surface area contributed by atoms with Crippen molar-refractivity contribution in [2.24, 2.45) is 15.6 Å². The van der Waals surface area contributed by atoms with Crippen LogP contribution in [0.1, 0.15) is 43.5 Å². The molecule has 1 heterocycles. The van der Waals surface area contributed by atoms with E-state index < -0.39 is 23.1 Å². The quantitative estimate of drug-likeness (QED) is 0.874. The molecular weight excluding hydrogens is 301 g/mol. The lowest BCUT2D eigenvalue weighted by molar-refractivity contribution is -0.129. The minimum atomic E-state index is -1.18. The van der Waals surface area contributed by atoms with Gasteiger partial charge in [0.25, 0.3) is 5.91 Å². The van der Waals surface area contributed by atoms with Crippen molar-refractivity contribution >= 4 is 23.4 Å². The van der Waals surface area contributed by atoms with E-state index in [0.717, 1.165) is 12.8 Å². The minimum absolute atomic E-state index is 0.116. The first kappa shape index (κ1) is 16.8. The lowest BCUT2D eigenvalue weighted by Gasteiger charge is -2.26. The predicted molar refractivity (Wildman–Crippen MR) is 84.0 cm³/mol. The summed E-state index contributed by atoms with van der Waals surface area (Å²) < 4.78 is 13.7. The van der Waals surface area contributed by atoms with Crippen LogP contribution in [0.5, 0.6) is 0 Å². The first-order valence-corrected chi connectivity index (χ1v) is 7.36. The van der Waals surface area contributed by atoms with Crippen LogP contribution in [0.25, 0.3) is 0 Å². The number of aliphatic carboxylic acids is 1. The van der Waals surface area contributed by atoms with Crippen molar-refractivity contribution in [2.45, 2.75) is 33.1 Å². The first-order valence-electron chi connectivity index (χ1n) is 7.36. The molecule has 0 aromatic heterocycles. The average Bonchev–Trinajstić information content (AvgIpc) is 2.83. The lowest BCUT2D eigenvalue weighted by Crippen LogP contribution is -2.46. The Morgan fingerprint density at radius 3 is 2.61 bits per heavy atom. The smallest absolute Gasteiger partial charge is 0.353 e. The van der Waals surface area contributed by atoms with Crippen LogP contribution in [0.15, 0.2) is 34.5 Å². The molecule has 1 aliphatic rings. The Hall–Kier alpha value is -2.57. The molecule has 122 valence electrons. The van der Waals surface area contributed by atoms with Crippen molar-refractivity contribution in [3.05, 3.63) is 35.6 Å². The van der Waals surface area contributed by atoms with E-state index in [1.165, 1.54) is 18.2 Å². The van der Waals surface area contributed by atoms with E-state index in [1.807, 2.05) is 6.92 Å². The van der Waals surface area contributed by atoms with Crippen LogP contribution in [-0.2, 0) is 4.79 Å². The Labute approximate surface area is 133 Å². The molecule has 1 aromatic rings. The van der Waals surface area contributed by atoms with Crippen LogP contribution in [0.4, 0.5) is 4.39 Å². The molecule has 0 bridgehead atoms. The second kappa shape index (κ2) is 6.68. The molecule has 6 nitrogen and oxygen atoms in total. The third-order valence-corrected chi connectivity index (χ3v) is 3.88. The van der Waals surface area contributed by atoms with E-state index in [4.69, 9.17) is 0 Å². The number of amides is 1. The zero-order chi connectivity index (χ0) is 17.0. The number of rotatable bonds is 5. The van der Waals surface area contributed by atoms with E-state index in [9.17, 15) is 19.1 Å². The summed E-state index contributed by atoms with van der Waals surface area (Å²) in [6.07, 6.45) is 2.08. The van der Waals surface area contributed by atoms with Gasteiger partial charge in [0.2, 0.25) is 0 Å². The SMILES string of the molecule is CCCCC1(C)C(NC(=O)c2ccccc2F)=NN=C1C(=O)O. The summed E-state index contributed by atoms with van der Waals surface area (Å²) in [6.45, 7) is 3.65. The molecular formula is C16H18FN3O3. The number of carboxylic acids is 1. The lowest BCUT2D eigenvalue weighted by atomic mass is 9.79. The summed E-state index contributed by atoms with van der Waals surface area (Å²) in [4.78, 5) is 23.6. The second-order valence-electron chi connectivity index (χ2n) is 5.57. The second-order valence-corrected chi connectivity index (χ2v) is 5.57. The van der Waals surface area contributed by atoms with Crippen LogP contribution in [0, 0.1) is 11.2 Å². The van der Waals surface area contributed by atoms with Crippen LogP contribution < -0.4 is 5.32 Å². The minimum Gasteiger partial charge on any atom is -0.477 e. The highest BCUT2D eigenvalue weighted by Crippen LogP contribution is 2.32. The molecule has 0 fully saturated rings. The number of nitrogens with one attached hydrogen (secondary N) is 1. The summed E-state index contributed by atoms with van der Waals surface area (Å²) >= 11 is 0. The maximum atomic E-state index is 13.7. The Bertz CT molecular complexity index is 700. The summed E-state index contributed by atoms with van der Waals surface area (Å²) in [5.74, 6) is -2.37. The van der Waals surface area contributed by atoms with Gasteiger partial charge in [0.1, 0.15) is 11.7 Å². The largest absolute Gasteiger partial charge is 0.477 e. The maximum absolute atomic E-state index is 13.7. The fraction of sp³-hybridized carbons (Fsp3) is 0.375. The van der Waals surface area contributed by atoms with Crippen LogP contribution in [0.2, 0.25) is 0 Å². The van der Waals surface area contributed by atoms with Crippen LogP contribution >= 0.6 is 0 Å². The topological polar surface area (TPSA) is 91.1 Å². The average molecular weight is 319 g/mol. The van der Waals surface area contributed by atoms with Crippen molar-refractivity contribution in [3.8, 4) is 0 Å². The van der Waals surface area contributed by atoms with Gasteiger partial charge in [0.05, 0.1) is 11.0 Å². The zero-order valence-electron chi connectivity index (χ0n) is 13.0. The first-order chi connectivity index (χ1) is 10.9. The van der Waals surface area contributed by atoms with Crippen molar-refractivity contribution in [2.75, 3.05) is 0 Å². The molecule has 2 N–H and O–H groups in total. The van der Waals surface area contributed by atoms with Gasteiger partial charge in [-0.15, -0.1) is 10.2 Å². The Morgan fingerprint density at radius 2 is 2.00 bits per heavy atom. The standard InChI is InChI=1S/C16H18FN3O3/c1-3-4-9-16(2)12(14(22)23)19-20-15(16)18-13(21)10-7-5-6-8-11(10)17/h5-8H,3-4,9H2,1-2H3,(H,22,23)(H,18,20,21). The molecule has 1 aliphatic heterocycles. The summed E-state index contributed by atoms with van der Waals surface area (Å²) in [5.41, 5.74) is -1.24. The molecule has 1 aromatic carbocycles. The number of halogens is 1. The summed E-state index contributed by atoms with van der Waals surface area (Å²) in [7, 11) is 0. The molecule has 0 spiro atoms. The van der Waals surface area contributed by atoms with Gasteiger partial charge < -0.3 is 10.4 Å². The van der Waals surface area contributed by atoms with Gasteiger partial charge in [-0.25, -0.2) is 9.18 Å². The zero-order valence-corrected chi connectivity index (χ0v) is 13.0. The van der Waals surface area contributed by atoms with Crippen molar-refractivity contribution < 1.29 is 19.1 Å². The van der Waals surface area contributed by atoms with E-state index in [-0.39, 0.29) is 17.1 Å². The van der Waals surface area contributed by atoms with Gasteiger partial charge >= 0.3 is 5.97 Å². The van der Waals surface area contributed by atoms with Crippen LogP contribution in [0.3, 0.4) is 0 Å². The number of carbonyl (C=O) groups excluding carboxylic acids is 1. The molecule has 1 amide bonds. The Balaban J connectivity index is 2.24. The van der Waals surface area contributed by atoms with E-state index in [0.29, 0.717) is 6.42 Å². The molecule has 0 saturated carbocycles. The number of benzene rings is 1. The number of nitrogens with zero attached hydrogens (tertiary/aromatic N) is 2. The molecule has 0 radical (unpaired) electrons. The number of amidine groups is 1. The highest BCUT2D eigenvalue weighted by molar-refractivity contribution is 6.44. The highest BCUT2D eigenvalue weighted by atomic mass is 19.1. The number of hydrogen-bond donors (Lipinski definition) is 2. The maximum Gasteiger partial charge on any atom is 0.353 e. The van der Waals surface area contributed by atoms with E-state index >= 15 is 0 Å². The molecule has 7 heteroatoms. The molecule has 0 aliphatic carbocycles. The Morgan fingerprint density at radius 1 is 1.30 bits per heavy atom. The summed E-state index contributed by atoms with van der Waals surface area (Å²) in [6, 6.07) is 5.56.